The summed E-state index contributed by atoms with van der Waals surface area (Å²) < 4.78 is 11.8. The topological polar surface area (TPSA) is 30.5 Å². The Morgan fingerprint density at radius 3 is 2.65 bits per heavy atom. The van der Waals surface area contributed by atoms with Crippen LogP contribution < -0.4 is 10.1 Å². The Bertz CT molecular complexity index is 556. The molecule has 3 rings (SSSR count). The molecule has 20 heavy (non-hydrogen) atoms. The van der Waals surface area contributed by atoms with Crippen LogP contribution >= 0.6 is 0 Å². The molecule has 0 amide bonds. The minimum absolute atomic E-state index is 0.0232. The predicted molar refractivity (Wildman–Crippen MR) is 78.8 cm³/mol. The summed E-state index contributed by atoms with van der Waals surface area (Å²) in [6, 6.07) is 18.5. The summed E-state index contributed by atoms with van der Waals surface area (Å²) in [5, 5.41) is 3.34. The molecule has 0 aliphatic carbocycles. The molecule has 1 heterocycles. The van der Waals surface area contributed by atoms with Crippen molar-refractivity contribution in [2.45, 2.75) is 18.8 Å². The molecule has 0 fully saturated rings. The van der Waals surface area contributed by atoms with Gasteiger partial charge in [-0.3, -0.25) is 0 Å². The lowest BCUT2D eigenvalue weighted by Gasteiger charge is -2.33. The van der Waals surface area contributed by atoms with Crippen LogP contribution in [0.3, 0.4) is 0 Å². The van der Waals surface area contributed by atoms with Gasteiger partial charge < -0.3 is 14.8 Å². The smallest absolute Gasteiger partial charge is 0.124 e. The van der Waals surface area contributed by atoms with E-state index in [9.17, 15) is 0 Å². The van der Waals surface area contributed by atoms with Crippen LogP contribution in [0.25, 0.3) is 0 Å². The van der Waals surface area contributed by atoms with Crippen LogP contribution in [0.4, 0.5) is 0 Å². The second kappa shape index (κ2) is 6.07. The van der Waals surface area contributed by atoms with E-state index in [-0.39, 0.29) is 12.1 Å². The molecule has 1 N–H and O–H groups in total. The number of rotatable bonds is 4. The Labute approximate surface area is 119 Å². The van der Waals surface area contributed by atoms with Gasteiger partial charge >= 0.3 is 0 Å². The van der Waals surface area contributed by atoms with E-state index in [1.165, 1.54) is 11.1 Å². The predicted octanol–water partition coefficient (Wildman–Crippen LogP) is 2.92. The first-order chi connectivity index (χ1) is 9.88. The summed E-state index contributed by atoms with van der Waals surface area (Å²) in [6.07, 6.45) is 0.0232. The van der Waals surface area contributed by atoms with Crippen molar-refractivity contribution in [2.24, 2.45) is 0 Å². The van der Waals surface area contributed by atoms with Gasteiger partial charge in [-0.05, 0) is 18.7 Å². The molecule has 0 bridgehead atoms. The van der Waals surface area contributed by atoms with E-state index >= 15 is 0 Å². The van der Waals surface area contributed by atoms with Crippen LogP contribution in [-0.2, 0) is 11.3 Å². The number of nitrogens with one attached hydrogen (secondary N) is 1. The van der Waals surface area contributed by atoms with Crippen molar-refractivity contribution >= 4 is 0 Å². The molecule has 1 aliphatic heterocycles. The molecule has 3 heteroatoms. The number of benzene rings is 2. The van der Waals surface area contributed by atoms with Crippen LogP contribution in [0, 0.1) is 0 Å². The molecule has 2 atom stereocenters. The van der Waals surface area contributed by atoms with Gasteiger partial charge in [0, 0.05) is 5.56 Å². The standard InChI is InChI=1S/C17H19NO2/c1-18-17-14-9-5-6-10-15(14)20-12-16(17)19-11-13-7-3-2-4-8-13/h2-10,16-18H,11-12H2,1H3. The highest BCUT2D eigenvalue weighted by molar-refractivity contribution is 5.38. The maximum atomic E-state index is 6.04. The lowest BCUT2D eigenvalue weighted by atomic mass is 9.98. The zero-order valence-electron chi connectivity index (χ0n) is 11.6. The van der Waals surface area contributed by atoms with Crippen molar-refractivity contribution in [3.63, 3.8) is 0 Å². The first kappa shape index (κ1) is 13.2. The Hall–Kier alpha value is -1.84. The summed E-state index contributed by atoms with van der Waals surface area (Å²) in [4.78, 5) is 0. The van der Waals surface area contributed by atoms with Crippen LogP contribution in [0.15, 0.2) is 54.6 Å². The third-order valence-electron chi connectivity index (χ3n) is 3.65. The Balaban J connectivity index is 1.71. The van der Waals surface area contributed by atoms with Crippen LogP contribution in [-0.4, -0.2) is 19.8 Å². The Kier molecular flexibility index (Phi) is 4.00. The maximum Gasteiger partial charge on any atom is 0.124 e. The van der Waals surface area contributed by atoms with Crippen molar-refractivity contribution in [3.05, 3.63) is 65.7 Å². The number of para-hydroxylation sites is 1. The van der Waals surface area contributed by atoms with E-state index in [2.05, 4.69) is 23.5 Å². The van der Waals surface area contributed by atoms with Crippen LogP contribution in [0.1, 0.15) is 17.2 Å². The molecule has 0 spiro atoms. The lowest BCUT2D eigenvalue weighted by molar-refractivity contribution is -0.0234. The van der Waals surface area contributed by atoms with Gasteiger partial charge in [0.25, 0.3) is 0 Å². The molecular weight excluding hydrogens is 250 g/mol. The number of hydrogen-bond acceptors (Lipinski definition) is 3. The van der Waals surface area contributed by atoms with Crippen molar-refractivity contribution in [2.75, 3.05) is 13.7 Å². The van der Waals surface area contributed by atoms with Gasteiger partial charge in [-0.15, -0.1) is 0 Å². The molecule has 2 aromatic rings. The second-order valence-electron chi connectivity index (χ2n) is 4.95. The maximum absolute atomic E-state index is 6.04. The lowest BCUT2D eigenvalue weighted by Crippen LogP contribution is -2.39. The first-order valence-corrected chi connectivity index (χ1v) is 6.93. The van der Waals surface area contributed by atoms with E-state index in [1.807, 2.05) is 43.4 Å². The minimum Gasteiger partial charge on any atom is -0.490 e. The van der Waals surface area contributed by atoms with E-state index in [0.717, 1.165) is 5.75 Å². The summed E-state index contributed by atoms with van der Waals surface area (Å²) in [5.74, 6) is 0.950. The molecule has 0 saturated carbocycles. The molecular formula is C17H19NO2. The van der Waals surface area contributed by atoms with Gasteiger partial charge in [-0.25, -0.2) is 0 Å². The fraction of sp³-hybridized carbons (Fsp3) is 0.294. The summed E-state index contributed by atoms with van der Waals surface area (Å²) >= 11 is 0. The summed E-state index contributed by atoms with van der Waals surface area (Å²) in [5.41, 5.74) is 2.35. The molecule has 0 radical (unpaired) electrons. The highest BCUT2D eigenvalue weighted by Gasteiger charge is 2.30. The van der Waals surface area contributed by atoms with E-state index in [0.29, 0.717) is 13.2 Å². The molecule has 104 valence electrons. The summed E-state index contributed by atoms with van der Waals surface area (Å²) in [6.45, 7) is 1.19. The van der Waals surface area contributed by atoms with E-state index in [4.69, 9.17) is 9.47 Å². The van der Waals surface area contributed by atoms with Crippen molar-refractivity contribution in [1.82, 2.24) is 5.32 Å². The van der Waals surface area contributed by atoms with Crippen molar-refractivity contribution in [1.29, 1.82) is 0 Å². The fourth-order valence-corrected chi connectivity index (χ4v) is 2.60. The Morgan fingerprint density at radius 1 is 1.10 bits per heavy atom. The number of likely N-dealkylation sites (N-methyl/N-ethyl adjacent to an activating group) is 1. The van der Waals surface area contributed by atoms with Gasteiger partial charge in [0.15, 0.2) is 0 Å². The Morgan fingerprint density at radius 2 is 1.85 bits per heavy atom. The molecule has 0 aromatic heterocycles. The normalized spacial score (nSPS) is 21.1. The monoisotopic (exact) mass is 269 g/mol. The first-order valence-electron chi connectivity index (χ1n) is 6.93. The number of fused-ring (bicyclic) bond motifs is 1. The van der Waals surface area contributed by atoms with E-state index < -0.39 is 0 Å². The highest BCUT2D eigenvalue weighted by atomic mass is 16.5. The van der Waals surface area contributed by atoms with Gasteiger partial charge in [0.05, 0.1) is 12.6 Å². The van der Waals surface area contributed by atoms with Crippen molar-refractivity contribution < 1.29 is 9.47 Å². The van der Waals surface area contributed by atoms with Crippen molar-refractivity contribution in [3.8, 4) is 5.75 Å². The quantitative estimate of drug-likeness (QED) is 0.925. The fourth-order valence-electron chi connectivity index (χ4n) is 2.60. The summed E-state index contributed by atoms with van der Waals surface area (Å²) in [7, 11) is 1.96. The third-order valence-corrected chi connectivity index (χ3v) is 3.65. The average molecular weight is 269 g/mol. The van der Waals surface area contributed by atoms with Crippen LogP contribution in [0.2, 0.25) is 0 Å². The molecule has 1 aliphatic rings. The molecule has 2 aromatic carbocycles. The van der Waals surface area contributed by atoms with Gasteiger partial charge in [-0.1, -0.05) is 48.5 Å². The molecule has 3 nitrogen and oxygen atoms in total. The zero-order chi connectivity index (χ0) is 13.8. The molecule has 2 unspecified atom stereocenters. The third kappa shape index (κ3) is 2.69. The average Bonchev–Trinajstić information content (AvgIpc) is 2.53. The van der Waals surface area contributed by atoms with Crippen LogP contribution in [0.5, 0.6) is 5.75 Å². The number of ether oxygens (including phenoxy) is 2. The van der Waals surface area contributed by atoms with Gasteiger partial charge in [0.1, 0.15) is 18.5 Å². The van der Waals surface area contributed by atoms with Gasteiger partial charge in [-0.2, -0.15) is 0 Å². The molecule has 0 saturated heterocycles. The zero-order valence-corrected chi connectivity index (χ0v) is 11.6. The van der Waals surface area contributed by atoms with E-state index in [1.54, 1.807) is 0 Å². The number of hydrogen-bond donors (Lipinski definition) is 1. The SMILES string of the molecule is CNC1c2ccccc2OCC1OCc1ccccc1. The minimum atomic E-state index is 0.0232. The highest BCUT2D eigenvalue weighted by Crippen LogP contribution is 2.33. The van der Waals surface area contributed by atoms with Gasteiger partial charge in [0.2, 0.25) is 0 Å². The largest absolute Gasteiger partial charge is 0.490 e. The second-order valence-corrected chi connectivity index (χ2v) is 4.95.